The van der Waals surface area contributed by atoms with Crippen molar-refractivity contribution in [3.05, 3.63) is 33.8 Å². The van der Waals surface area contributed by atoms with Crippen molar-refractivity contribution in [2.45, 2.75) is 33.2 Å². The molecule has 0 aliphatic carbocycles. The van der Waals surface area contributed by atoms with E-state index in [9.17, 15) is 0 Å². The molecule has 1 nitrogen and oxygen atoms in total. The lowest BCUT2D eigenvalue weighted by Crippen LogP contribution is -2.25. The molecular formula is C13H19Cl2N. The molecule has 0 aliphatic rings. The molecule has 1 aromatic carbocycles. The summed E-state index contributed by atoms with van der Waals surface area (Å²) < 4.78 is 0. The van der Waals surface area contributed by atoms with Crippen LogP contribution in [0.25, 0.3) is 0 Å². The highest BCUT2D eigenvalue weighted by molar-refractivity contribution is 6.35. The van der Waals surface area contributed by atoms with E-state index in [0.717, 1.165) is 23.6 Å². The summed E-state index contributed by atoms with van der Waals surface area (Å²) in [6.45, 7) is 7.55. The highest BCUT2D eigenvalue weighted by Gasteiger charge is 2.12. The Morgan fingerprint density at radius 1 is 1.25 bits per heavy atom. The zero-order valence-electron chi connectivity index (χ0n) is 10.1. The van der Waals surface area contributed by atoms with Gasteiger partial charge in [-0.05, 0) is 36.6 Å². The first-order chi connectivity index (χ1) is 7.54. The predicted octanol–water partition coefficient (Wildman–Crippen LogP) is 4.69. The fourth-order valence-electron chi connectivity index (χ4n) is 1.64. The quantitative estimate of drug-likeness (QED) is 0.809. The summed E-state index contributed by atoms with van der Waals surface area (Å²) in [6.07, 6.45) is 1.02. The van der Waals surface area contributed by atoms with Crippen molar-refractivity contribution < 1.29 is 0 Å². The van der Waals surface area contributed by atoms with Crippen molar-refractivity contribution in [2.75, 3.05) is 6.54 Å². The van der Waals surface area contributed by atoms with Gasteiger partial charge >= 0.3 is 0 Å². The fourth-order valence-corrected chi connectivity index (χ4v) is 2.18. The number of rotatable bonds is 5. The van der Waals surface area contributed by atoms with Gasteiger partial charge in [0.15, 0.2) is 0 Å². The molecule has 1 rings (SSSR count). The minimum atomic E-state index is 0.312. The molecule has 0 fully saturated rings. The van der Waals surface area contributed by atoms with E-state index >= 15 is 0 Å². The first-order valence-electron chi connectivity index (χ1n) is 5.73. The van der Waals surface area contributed by atoms with Gasteiger partial charge in [0.05, 0.1) is 0 Å². The molecule has 0 amide bonds. The number of benzene rings is 1. The van der Waals surface area contributed by atoms with E-state index in [-0.39, 0.29) is 0 Å². The standard InChI is InChI=1S/C13H19Cl2N/c1-4-13(16-8-9(2)3)11-6-5-10(14)7-12(11)15/h5-7,9,13,16H,4,8H2,1-3H3. The molecule has 1 unspecified atom stereocenters. The number of halogens is 2. The van der Waals surface area contributed by atoms with Crippen molar-refractivity contribution in [2.24, 2.45) is 5.92 Å². The van der Waals surface area contributed by atoms with E-state index in [0.29, 0.717) is 17.0 Å². The molecule has 1 atom stereocenters. The van der Waals surface area contributed by atoms with E-state index in [1.807, 2.05) is 12.1 Å². The molecular weight excluding hydrogens is 241 g/mol. The Morgan fingerprint density at radius 3 is 2.44 bits per heavy atom. The SMILES string of the molecule is CCC(NCC(C)C)c1ccc(Cl)cc1Cl. The van der Waals surface area contributed by atoms with Crippen LogP contribution in [0.3, 0.4) is 0 Å². The van der Waals surface area contributed by atoms with Gasteiger partial charge in [0.2, 0.25) is 0 Å². The molecule has 90 valence electrons. The van der Waals surface area contributed by atoms with Crippen LogP contribution in [0, 0.1) is 5.92 Å². The summed E-state index contributed by atoms with van der Waals surface area (Å²) in [5, 5.41) is 4.95. The molecule has 0 saturated heterocycles. The van der Waals surface area contributed by atoms with E-state index < -0.39 is 0 Å². The molecule has 0 radical (unpaired) electrons. The van der Waals surface area contributed by atoms with Crippen LogP contribution in [-0.4, -0.2) is 6.54 Å². The van der Waals surface area contributed by atoms with E-state index in [1.54, 1.807) is 6.07 Å². The van der Waals surface area contributed by atoms with Crippen LogP contribution in [0.5, 0.6) is 0 Å². The summed E-state index contributed by atoms with van der Waals surface area (Å²) in [5.74, 6) is 0.639. The number of nitrogens with one attached hydrogen (secondary N) is 1. The summed E-state index contributed by atoms with van der Waals surface area (Å²) in [7, 11) is 0. The molecule has 16 heavy (non-hydrogen) atoms. The summed E-state index contributed by atoms with van der Waals surface area (Å²) in [4.78, 5) is 0. The van der Waals surface area contributed by atoms with Crippen LogP contribution in [0.4, 0.5) is 0 Å². The smallest absolute Gasteiger partial charge is 0.0468 e. The molecule has 0 aliphatic heterocycles. The molecule has 1 N–H and O–H groups in total. The fraction of sp³-hybridized carbons (Fsp3) is 0.538. The minimum Gasteiger partial charge on any atom is -0.310 e. The summed E-state index contributed by atoms with van der Waals surface area (Å²) >= 11 is 12.1. The van der Waals surface area contributed by atoms with Gasteiger partial charge in [-0.15, -0.1) is 0 Å². The molecule has 3 heteroatoms. The van der Waals surface area contributed by atoms with Crippen molar-refractivity contribution in [3.63, 3.8) is 0 Å². The third kappa shape index (κ3) is 3.97. The Labute approximate surface area is 108 Å². The molecule has 0 saturated carbocycles. The topological polar surface area (TPSA) is 12.0 Å². The Bertz CT molecular complexity index is 337. The number of hydrogen-bond donors (Lipinski definition) is 1. The van der Waals surface area contributed by atoms with Gasteiger partial charge in [-0.3, -0.25) is 0 Å². The highest BCUT2D eigenvalue weighted by atomic mass is 35.5. The summed E-state index contributed by atoms with van der Waals surface area (Å²) in [5.41, 5.74) is 1.13. The maximum Gasteiger partial charge on any atom is 0.0468 e. The maximum atomic E-state index is 6.19. The summed E-state index contributed by atoms with van der Waals surface area (Å²) in [6, 6.07) is 6.01. The lowest BCUT2D eigenvalue weighted by Gasteiger charge is -2.20. The van der Waals surface area contributed by atoms with Crippen molar-refractivity contribution >= 4 is 23.2 Å². The van der Waals surface area contributed by atoms with Crippen LogP contribution in [0.15, 0.2) is 18.2 Å². The van der Waals surface area contributed by atoms with Gasteiger partial charge in [-0.1, -0.05) is 50.0 Å². The third-order valence-corrected chi connectivity index (χ3v) is 3.08. The van der Waals surface area contributed by atoms with Crippen LogP contribution in [0.2, 0.25) is 10.0 Å². The van der Waals surface area contributed by atoms with Gasteiger partial charge < -0.3 is 5.32 Å². The maximum absolute atomic E-state index is 6.19. The van der Waals surface area contributed by atoms with E-state index in [2.05, 4.69) is 26.1 Å². The molecule has 0 spiro atoms. The van der Waals surface area contributed by atoms with Crippen LogP contribution < -0.4 is 5.32 Å². The van der Waals surface area contributed by atoms with Crippen LogP contribution in [0.1, 0.15) is 38.8 Å². The van der Waals surface area contributed by atoms with E-state index in [1.165, 1.54) is 0 Å². The Hall–Kier alpha value is -0.240. The number of hydrogen-bond acceptors (Lipinski definition) is 1. The van der Waals surface area contributed by atoms with Crippen LogP contribution >= 0.6 is 23.2 Å². The van der Waals surface area contributed by atoms with Gasteiger partial charge in [0.25, 0.3) is 0 Å². The van der Waals surface area contributed by atoms with Crippen LogP contribution in [-0.2, 0) is 0 Å². The van der Waals surface area contributed by atoms with E-state index in [4.69, 9.17) is 23.2 Å². The Kier molecular flexibility index (Phi) is 5.60. The second-order valence-electron chi connectivity index (χ2n) is 4.43. The Morgan fingerprint density at radius 2 is 1.94 bits per heavy atom. The highest BCUT2D eigenvalue weighted by Crippen LogP contribution is 2.27. The zero-order valence-corrected chi connectivity index (χ0v) is 11.6. The monoisotopic (exact) mass is 259 g/mol. The predicted molar refractivity (Wildman–Crippen MR) is 72.3 cm³/mol. The average molecular weight is 260 g/mol. The van der Waals surface area contributed by atoms with Gasteiger partial charge in [-0.25, -0.2) is 0 Å². The minimum absolute atomic E-state index is 0.312. The lowest BCUT2D eigenvalue weighted by molar-refractivity contribution is 0.465. The van der Waals surface area contributed by atoms with Gasteiger partial charge in [0, 0.05) is 16.1 Å². The molecule has 0 heterocycles. The molecule has 1 aromatic rings. The van der Waals surface area contributed by atoms with Gasteiger partial charge in [0.1, 0.15) is 0 Å². The molecule has 0 aromatic heterocycles. The Balaban J connectivity index is 2.78. The van der Waals surface area contributed by atoms with Gasteiger partial charge in [-0.2, -0.15) is 0 Å². The average Bonchev–Trinajstić information content (AvgIpc) is 2.21. The van der Waals surface area contributed by atoms with Crippen molar-refractivity contribution in [3.8, 4) is 0 Å². The van der Waals surface area contributed by atoms with Crippen molar-refractivity contribution in [1.82, 2.24) is 5.32 Å². The lowest BCUT2D eigenvalue weighted by atomic mass is 10.0. The first kappa shape index (κ1) is 13.8. The zero-order chi connectivity index (χ0) is 12.1. The van der Waals surface area contributed by atoms with Crippen molar-refractivity contribution in [1.29, 1.82) is 0 Å². The third-order valence-electron chi connectivity index (χ3n) is 2.52. The normalized spacial score (nSPS) is 13.1. The second-order valence-corrected chi connectivity index (χ2v) is 5.27. The molecule has 0 bridgehead atoms. The second kappa shape index (κ2) is 6.48. The largest absolute Gasteiger partial charge is 0.310 e. The first-order valence-corrected chi connectivity index (χ1v) is 6.48.